The summed E-state index contributed by atoms with van der Waals surface area (Å²) in [4.78, 5) is 18.5. The Balaban J connectivity index is 1.46. The molecule has 1 aliphatic heterocycles. The number of anilines is 1. The Bertz CT molecular complexity index is 1220. The minimum Gasteiger partial charge on any atom is -0.497 e. The number of piperidine rings is 1. The highest BCUT2D eigenvalue weighted by molar-refractivity contribution is 7.91. The molecule has 1 aromatic carbocycles. The van der Waals surface area contributed by atoms with Gasteiger partial charge >= 0.3 is 0 Å². The molecule has 0 radical (unpaired) electrons. The molecule has 2 aromatic heterocycles. The molecule has 0 aliphatic carbocycles. The van der Waals surface area contributed by atoms with Crippen LogP contribution in [0, 0.1) is 12.8 Å². The number of hydrogen-bond acceptors (Lipinski definition) is 7. The maximum atomic E-state index is 12.9. The number of nitrogens with one attached hydrogen (secondary N) is 1. The van der Waals surface area contributed by atoms with Gasteiger partial charge in [-0.05, 0) is 56.2 Å². The molecule has 1 aliphatic rings. The van der Waals surface area contributed by atoms with E-state index < -0.39 is 15.9 Å². The highest BCUT2D eigenvalue weighted by Crippen LogP contribution is 2.33. The fourth-order valence-electron chi connectivity index (χ4n) is 3.61. The number of aromatic nitrogens is 1. The molecule has 1 atom stereocenters. The third-order valence-corrected chi connectivity index (χ3v) is 9.74. The number of nitrogens with zero attached hydrogens (tertiary/aromatic N) is 2. The molecule has 1 unspecified atom stereocenters. The number of carbonyl (C=O) groups excluding carboxylic acids is 1. The predicted octanol–water partition coefficient (Wildman–Crippen LogP) is 4.88. The van der Waals surface area contributed by atoms with Gasteiger partial charge in [0, 0.05) is 23.5 Å². The van der Waals surface area contributed by atoms with Gasteiger partial charge in [0.15, 0.2) is 5.13 Å². The molecule has 7 nitrogen and oxygen atoms in total. The standard InChI is InChI=1S/C21H22ClN3O4S3/c1-13-19(14-5-7-16(29-2)8-6-14)23-21(30-13)24-20(26)15-4-3-11-25(12-15)32(27,28)18-10-9-17(22)31-18/h5-10,15H,3-4,11-12H2,1-2H3,(H,23,24,26). The number of thiophene rings is 1. The first-order valence-corrected chi connectivity index (χ1v) is 13.4. The Morgan fingerprint density at radius 3 is 2.62 bits per heavy atom. The number of rotatable bonds is 6. The van der Waals surface area contributed by atoms with Crippen LogP contribution in [-0.4, -0.2) is 43.8 Å². The average Bonchev–Trinajstić information content (AvgIpc) is 3.39. The molecule has 3 heterocycles. The first-order chi connectivity index (χ1) is 15.3. The monoisotopic (exact) mass is 511 g/mol. The molecule has 1 N–H and O–H groups in total. The van der Waals surface area contributed by atoms with Crippen LogP contribution < -0.4 is 10.1 Å². The molecular formula is C21H22ClN3O4S3. The second-order valence-electron chi connectivity index (χ2n) is 7.40. The third kappa shape index (κ3) is 4.84. The molecule has 170 valence electrons. The van der Waals surface area contributed by atoms with E-state index >= 15 is 0 Å². The summed E-state index contributed by atoms with van der Waals surface area (Å²) in [6, 6.07) is 10.7. The van der Waals surface area contributed by atoms with Crippen molar-refractivity contribution in [2.45, 2.75) is 24.0 Å². The fraction of sp³-hybridized carbons (Fsp3) is 0.333. The van der Waals surface area contributed by atoms with Gasteiger partial charge in [-0.3, -0.25) is 4.79 Å². The van der Waals surface area contributed by atoms with Gasteiger partial charge in [-0.2, -0.15) is 4.31 Å². The Morgan fingerprint density at radius 1 is 1.22 bits per heavy atom. The number of aryl methyl sites for hydroxylation is 1. The average molecular weight is 512 g/mol. The molecular weight excluding hydrogens is 490 g/mol. The van der Waals surface area contributed by atoms with Crippen LogP contribution >= 0.6 is 34.3 Å². The van der Waals surface area contributed by atoms with Gasteiger partial charge in [-0.25, -0.2) is 13.4 Å². The molecule has 32 heavy (non-hydrogen) atoms. The first kappa shape index (κ1) is 23.2. The molecule has 11 heteroatoms. The normalized spacial score (nSPS) is 17.3. The summed E-state index contributed by atoms with van der Waals surface area (Å²) in [6.45, 7) is 2.48. The zero-order chi connectivity index (χ0) is 22.9. The summed E-state index contributed by atoms with van der Waals surface area (Å²) in [6.07, 6.45) is 1.24. The topological polar surface area (TPSA) is 88.6 Å². The van der Waals surface area contributed by atoms with Crippen LogP contribution in [0.3, 0.4) is 0 Å². The smallest absolute Gasteiger partial charge is 0.252 e. The lowest BCUT2D eigenvalue weighted by Gasteiger charge is -2.30. The molecule has 1 amide bonds. The van der Waals surface area contributed by atoms with Crippen molar-refractivity contribution in [1.29, 1.82) is 0 Å². The van der Waals surface area contributed by atoms with Gasteiger partial charge in [0.05, 0.1) is 23.1 Å². The summed E-state index contributed by atoms with van der Waals surface area (Å²) >= 11 is 8.33. The molecule has 1 saturated heterocycles. The first-order valence-electron chi connectivity index (χ1n) is 9.96. The SMILES string of the molecule is COc1ccc(-c2nc(NC(=O)C3CCCN(S(=O)(=O)c4ccc(Cl)s4)C3)sc2C)cc1. The van der Waals surface area contributed by atoms with Crippen molar-refractivity contribution >= 4 is 55.3 Å². The number of carbonyl (C=O) groups is 1. The second-order valence-corrected chi connectivity index (χ2v) is 12.5. The van der Waals surface area contributed by atoms with Crippen molar-refractivity contribution < 1.29 is 17.9 Å². The lowest BCUT2D eigenvalue weighted by molar-refractivity contribution is -0.120. The van der Waals surface area contributed by atoms with Crippen LogP contribution in [0.1, 0.15) is 17.7 Å². The van der Waals surface area contributed by atoms with E-state index in [1.165, 1.54) is 21.7 Å². The van der Waals surface area contributed by atoms with E-state index in [1.54, 1.807) is 13.2 Å². The van der Waals surface area contributed by atoms with Gasteiger partial charge in [0.25, 0.3) is 10.0 Å². The van der Waals surface area contributed by atoms with Crippen molar-refractivity contribution in [1.82, 2.24) is 9.29 Å². The van der Waals surface area contributed by atoms with Gasteiger partial charge in [-0.15, -0.1) is 22.7 Å². The third-order valence-electron chi connectivity index (χ3n) is 5.29. The molecule has 0 saturated carbocycles. The zero-order valence-corrected chi connectivity index (χ0v) is 20.7. The van der Waals surface area contributed by atoms with Gasteiger partial charge in [0.2, 0.25) is 5.91 Å². The Morgan fingerprint density at radius 2 is 1.97 bits per heavy atom. The van der Waals surface area contributed by atoms with Gasteiger partial charge in [-0.1, -0.05) is 11.6 Å². The number of amides is 1. The number of hydrogen-bond donors (Lipinski definition) is 1. The Hall–Kier alpha value is -1.98. The predicted molar refractivity (Wildman–Crippen MR) is 128 cm³/mol. The van der Waals surface area contributed by atoms with Crippen molar-refractivity contribution in [3.05, 3.63) is 45.6 Å². The maximum absolute atomic E-state index is 12.9. The number of halogens is 1. The molecule has 4 rings (SSSR count). The van der Waals surface area contributed by atoms with Crippen molar-refractivity contribution in [3.63, 3.8) is 0 Å². The second kappa shape index (κ2) is 9.48. The largest absolute Gasteiger partial charge is 0.497 e. The van der Waals surface area contributed by atoms with Crippen molar-refractivity contribution in [3.8, 4) is 17.0 Å². The molecule has 3 aromatic rings. The number of sulfonamides is 1. The van der Waals surface area contributed by atoms with Gasteiger partial charge < -0.3 is 10.1 Å². The fourth-order valence-corrected chi connectivity index (χ4v) is 7.61. The van der Waals surface area contributed by atoms with Crippen molar-refractivity contribution in [2.24, 2.45) is 5.92 Å². The van der Waals surface area contributed by atoms with Crippen LogP contribution in [-0.2, 0) is 14.8 Å². The van der Waals surface area contributed by atoms with Gasteiger partial charge in [0.1, 0.15) is 9.96 Å². The summed E-state index contributed by atoms with van der Waals surface area (Å²) in [5, 5.41) is 3.39. The number of methoxy groups -OCH3 is 1. The molecule has 0 bridgehead atoms. The Labute approximate surface area is 200 Å². The summed E-state index contributed by atoms with van der Waals surface area (Å²) in [5.74, 6) is 0.100. The minimum atomic E-state index is -3.66. The van der Waals surface area contributed by atoms with E-state index in [9.17, 15) is 13.2 Å². The van der Waals surface area contributed by atoms with E-state index in [-0.39, 0.29) is 16.7 Å². The van der Waals surface area contributed by atoms with E-state index in [4.69, 9.17) is 16.3 Å². The minimum absolute atomic E-state index is 0.138. The van der Waals surface area contributed by atoms with E-state index in [0.717, 1.165) is 33.2 Å². The van der Waals surface area contributed by atoms with Crippen LogP contribution in [0.25, 0.3) is 11.3 Å². The number of thiazole rings is 1. The van der Waals surface area contributed by atoms with E-state index in [0.29, 0.717) is 28.9 Å². The van der Waals surface area contributed by atoms with Crippen LogP contribution in [0.15, 0.2) is 40.6 Å². The summed E-state index contributed by atoms with van der Waals surface area (Å²) in [7, 11) is -2.05. The maximum Gasteiger partial charge on any atom is 0.252 e. The van der Waals surface area contributed by atoms with E-state index in [1.807, 2.05) is 31.2 Å². The quantitative estimate of drug-likeness (QED) is 0.509. The van der Waals surface area contributed by atoms with Crippen molar-refractivity contribution in [2.75, 3.05) is 25.5 Å². The van der Waals surface area contributed by atoms with Crippen LogP contribution in [0.5, 0.6) is 5.75 Å². The van der Waals surface area contributed by atoms with Crippen LogP contribution in [0.2, 0.25) is 4.34 Å². The number of ether oxygens (including phenoxy) is 1. The summed E-state index contributed by atoms with van der Waals surface area (Å²) < 4.78 is 33.0. The lowest BCUT2D eigenvalue weighted by Crippen LogP contribution is -2.43. The molecule has 1 fully saturated rings. The molecule has 0 spiro atoms. The van der Waals surface area contributed by atoms with Crippen LogP contribution in [0.4, 0.5) is 5.13 Å². The Kier molecular flexibility index (Phi) is 6.87. The highest BCUT2D eigenvalue weighted by Gasteiger charge is 2.34. The lowest BCUT2D eigenvalue weighted by atomic mass is 9.99. The number of benzene rings is 1. The van der Waals surface area contributed by atoms with E-state index in [2.05, 4.69) is 10.3 Å². The zero-order valence-electron chi connectivity index (χ0n) is 17.5. The highest BCUT2D eigenvalue weighted by atomic mass is 35.5. The summed E-state index contributed by atoms with van der Waals surface area (Å²) in [5.41, 5.74) is 1.74.